The van der Waals surface area contributed by atoms with Gasteiger partial charge in [-0.25, -0.2) is 8.42 Å². The molecule has 9 heteroatoms. The van der Waals surface area contributed by atoms with Crippen molar-refractivity contribution in [3.8, 4) is 5.75 Å². The molecule has 8 nitrogen and oxygen atoms in total. The van der Waals surface area contributed by atoms with Gasteiger partial charge in [0.15, 0.2) is 0 Å². The lowest BCUT2D eigenvalue weighted by Crippen LogP contribution is -2.52. The van der Waals surface area contributed by atoms with Crippen LogP contribution in [-0.4, -0.2) is 56.6 Å². The molecular weight excluding hydrogens is 562 g/mol. The standard InChI is InChI=1S/C34H45N3O5S/c1-6-27(4)35-34(39)31(24-28-17-9-8-10-18-28)36(25-29-19-12-11-16-26(29)3)33(38)22-15-23-37(43(5,40)41)30-20-13-14-21-32(30)42-7-2/h8-14,16-21,27,31H,6-7,15,22-25H2,1-5H3,(H,35,39)/t27-,31+/m1/s1. The minimum Gasteiger partial charge on any atom is -0.492 e. The van der Waals surface area contributed by atoms with Gasteiger partial charge in [0.25, 0.3) is 0 Å². The van der Waals surface area contributed by atoms with E-state index < -0.39 is 16.1 Å². The van der Waals surface area contributed by atoms with Gasteiger partial charge in [-0.2, -0.15) is 0 Å². The molecule has 1 N–H and O–H groups in total. The number of benzene rings is 3. The molecule has 3 rings (SSSR count). The molecule has 0 aromatic heterocycles. The van der Waals surface area contributed by atoms with Crippen molar-refractivity contribution in [1.29, 1.82) is 0 Å². The number of aryl methyl sites for hydroxylation is 1. The smallest absolute Gasteiger partial charge is 0.243 e. The van der Waals surface area contributed by atoms with Gasteiger partial charge >= 0.3 is 0 Å². The molecule has 2 amide bonds. The van der Waals surface area contributed by atoms with E-state index in [4.69, 9.17) is 4.74 Å². The summed E-state index contributed by atoms with van der Waals surface area (Å²) in [6.45, 7) is 8.53. The van der Waals surface area contributed by atoms with E-state index in [1.165, 1.54) is 4.31 Å². The molecule has 3 aromatic carbocycles. The molecule has 0 spiro atoms. The molecule has 0 aliphatic rings. The molecule has 0 heterocycles. The quantitative estimate of drug-likeness (QED) is 0.232. The number of rotatable bonds is 16. The lowest BCUT2D eigenvalue weighted by molar-refractivity contribution is -0.141. The number of anilines is 1. The zero-order chi connectivity index (χ0) is 31.4. The summed E-state index contributed by atoms with van der Waals surface area (Å²) in [7, 11) is -3.65. The van der Waals surface area contributed by atoms with Crippen LogP contribution >= 0.6 is 0 Å². The van der Waals surface area contributed by atoms with Crippen LogP contribution < -0.4 is 14.4 Å². The van der Waals surface area contributed by atoms with E-state index >= 15 is 0 Å². The van der Waals surface area contributed by atoms with Crippen molar-refractivity contribution in [2.45, 2.75) is 72.0 Å². The van der Waals surface area contributed by atoms with Crippen LogP contribution in [0, 0.1) is 6.92 Å². The predicted molar refractivity (Wildman–Crippen MR) is 173 cm³/mol. The van der Waals surface area contributed by atoms with E-state index in [0.29, 0.717) is 24.5 Å². The highest BCUT2D eigenvalue weighted by Gasteiger charge is 2.31. The molecule has 0 bridgehead atoms. The maximum atomic E-state index is 14.0. The first-order chi connectivity index (χ1) is 20.5. The summed E-state index contributed by atoms with van der Waals surface area (Å²) in [5, 5.41) is 3.09. The van der Waals surface area contributed by atoms with Crippen LogP contribution in [0.25, 0.3) is 0 Å². The Labute approximate surface area is 257 Å². The van der Waals surface area contributed by atoms with Crippen LogP contribution in [0.4, 0.5) is 5.69 Å². The van der Waals surface area contributed by atoms with Crippen LogP contribution in [0.15, 0.2) is 78.9 Å². The first-order valence-electron chi connectivity index (χ1n) is 14.9. The molecule has 0 unspecified atom stereocenters. The highest BCUT2D eigenvalue weighted by Crippen LogP contribution is 2.30. The molecule has 2 atom stereocenters. The van der Waals surface area contributed by atoms with Crippen LogP contribution in [0.5, 0.6) is 5.75 Å². The van der Waals surface area contributed by atoms with Crippen molar-refractivity contribution in [1.82, 2.24) is 10.2 Å². The predicted octanol–water partition coefficient (Wildman–Crippen LogP) is 5.49. The Balaban J connectivity index is 1.91. The summed E-state index contributed by atoms with van der Waals surface area (Å²) in [6, 6.07) is 23.7. The fourth-order valence-corrected chi connectivity index (χ4v) is 5.86. The maximum absolute atomic E-state index is 14.0. The molecule has 0 fully saturated rings. The van der Waals surface area contributed by atoms with Crippen LogP contribution in [0.1, 0.15) is 56.7 Å². The Morgan fingerprint density at radius 3 is 2.23 bits per heavy atom. The number of nitrogens with zero attached hydrogens (tertiary/aromatic N) is 2. The van der Waals surface area contributed by atoms with Crippen LogP contribution in [0.2, 0.25) is 0 Å². The Morgan fingerprint density at radius 2 is 1.58 bits per heavy atom. The number of hydrogen-bond acceptors (Lipinski definition) is 5. The minimum absolute atomic E-state index is 0.0464. The third kappa shape index (κ3) is 9.85. The zero-order valence-corrected chi connectivity index (χ0v) is 26.8. The van der Waals surface area contributed by atoms with E-state index in [9.17, 15) is 18.0 Å². The first kappa shape index (κ1) is 33.6. The molecular formula is C34H45N3O5S. The van der Waals surface area contributed by atoms with Gasteiger partial charge < -0.3 is 15.0 Å². The van der Waals surface area contributed by atoms with Gasteiger partial charge in [-0.05, 0) is 62.4 Å². The minimum atomic E-state index is -3.65. The number of amides is 2. The lowest BCUT2D eigenvalue weighted by atomic mass is 10.0. The summed E-state index contributed by atoms with van der Waals surface area (Å²) >= 11 is 0. The third-order valence-electron chi connectivity index (χ3n) is 7.46. The molecule has 3 aromatic rings. The van der Waals surface area contributed by atoms with Gasteiger partial charge in [-0.1, -0.05) is 73.7 Å². The van der Waals surface area contributed by atoms with Gasteiger partial charge in [-0.3, -0.25) is 13.9 Å². The highest BCUT2D eigenvalue weighted by molar-refractivity contribution is 7.92. The average molecular weight is 608 g/mol. The normalized spacial score (nSPS) is 12.7. The topological polar surface area (TPSA) is 96.0 Å². The summed E-state index contributed by atoms with van der Waals surface area (Å²) < 4.78 is 32.6. The summed E-state index contributed by atoms with van der Waals surface area (Å²) in [5.41, 5.74) is 3.36. The zero-order valence-electron chi connectivity index (χ0n) is 26.0. The lowest BCUT2D eigenvalue weighted by Gasteiger charge is -2.33. The highest BCUT2D eigenvalue weighted by atomic mass is 32.2. The summed E-state index contributed by atoms with van der Waals surface area (Å²) in [6.07, 6.45) is 2.60. The number of carbonyl (C=O) groups excluding carboxylic acids is 2. The van der Waals surface area contributed by atoms with Gasteiger partial charge in [0.1, 0.15) is 11.8 Å². The van der Waals surface area contributed by atoms with Crippen molar-refractivity contribution in [3.63, 3.8) is 0 Å². The van der Waals surface area contributed by atoms with Crippen molar-refractivity contribution >= 4 is 27.5 Å². The van der Waals surface area contributed by atoms with Crippen molar-refractivity contribution < 1.29 is 22.7 Å². The van der Waals surface area contributed by atoms with Crippen molar-refractivity contribution in [3.05, 3.63) is 95.6 Å². The van der Waals surface area contributed by atoms with E-state index in [2.05, 4.69) is 5.32 Å². The Kier molecular flexibility index (Phi) is 12.6. The number of sulfonamides is 1. The number of para-hydroxylation sites is 2. The second-order valence-electron chi connectivity index (χ2n) is 10.8. The summed E-state index contributed by atoms with van der Waals surface area (Å²) in [5.74, 6) is 0.0474. The average Bonchev–Trinajstić information content (AvgIpc) is 2.98. The number of carbonyl (C=O) groups is 2. The molecule has 0 aliphatic carbocycles. The summed E-state index contributed by atoms with van der Waals surface area (Å²) in [4.78, 5) is 29.4. The SMILES string of the molecule is CCOc1ccccc1N(CCCC(=O)N(Cc1ccccc1C)[C@@H](Cc1ccccc1)C(=O)N[C@H](C)CC)S(C)(=O)=O. The molecule has 0 saturated carbocycles. The second-order valence-corrected chi connectivity index (χ2v) is 12.7. The largest absolute Gasteiger partial charge is 0.492 e. The van der Waals surface area contributed by atoms with E-state index in [0.717, 1.165) is 29.4 Å². The number of hydrogen-bond donors (Lipinski definition) is 1. The fraction of sp³-hybridized carbons (Fsp3) is 0.412. The molecule has 0 aliphatic heterocycles. The molecule has 43 heavy (non-hydrogen) atoms. The monoisotopic (exact) mass is 607 g/mol. The fourth-order valence-electron chi connectivity index (χ4n) is 4.89. The van der Waals surface area contributed by atoms with Crippen LogP contribution in [0.3, 0.4) is 0 Å². The first-order valence-corrected chi connectivity index (χ1v) is 16.8. The Hall–Kier alpha value is -3.85. The van der Waals surface area contributed by atoms with E-state index in [-0.39, 0.29) is 43.8 Å². The van der Waals surface area contributed by atoms with E-state index in [1.807, 2.05) is 82.3 Å². The van der Waals surface area contributed by atoms with Crippen molar-refractivity contribution in [2.24, 2.45) is 0 Å². The van der Waals surface area contributed by atoms with Gasteiger partial charge in [-0.15, -0.1) is 0 Å². The van der Waals surface area contributed by atoms with Crippen LogP contribution in [-0.2, 0) is 32.6 Å². The molecule has 0 saturated heterocycles. The molecule has 232 valence electrons. The second kappa shape index (κ2) is 16.1. The Bertz CT molecular complexity index is 1450. The maximum Gasteiger partial charge on any atom is 0.243 e. The third-order valence-corrected chi connectivity index (χ3v) is 8.64. The van der Waals surface area contributed by atoms with Gasteiger partial charge in [0, 0.05) is 32.0 Å². The number of ether oxygens (including phenoxy) is 1. The van der Waals surface area contributed by atoms with Gasteiger partial charge in [0.05, 0.1) is 18.6 Å². The molecule has 0 radical (unpaired) electrons. The number of nitrogens with one attached hydrogen (secondary N) is 1. The van der Waals surface area contributed by atoms with Gasteiger partial charge in [0.2, 0.25) is 21.8 Å². The van der Waals surface area contributed by atoms with E-state index in [1.54, 1.807) is 29.2 Å². The van der Waals surface area contributed by atoms with Crippen molar-refractivity contribution in [2.75, 3.05) is 23.7 Å². The Morgan fingerprint density at radius 1 is 0.930 bits per heavy atom.